The minimum absolute atomic E-state index is 0.0543. The number of likely N-dealkylation sites (N-methyl/N-ethyl adjacent to an activating group) is 1. The van der Waals surface area contributed by atoms with Crippen LogP contribution >= 0.6 is 35.2 Å². The van der Waals surface area contributed by atoms with Crippen molar-refractivity contribution in [2.75, 3.05) is 19.6 Å². The van der Waals surface area contributed by atoms with Crippen LogP contribution in [0.2, 0.25) is 5.02 Å². The Bertz CT molecular complexity index is 1770. The van der Waals surface area contributed by atoms with E-state index in [-0.39, 0.29) is 29.7 Å². The van der Waals surface area contributed by atoms with E-state index >= 15 is 0 Å². The number of nitrogens with one attached hydrogen (secondary N) is 1. The molecule has 6 rings (SSSR count). The van der Waals surface area contributed by atoms with Crippen LogP contribution in [0.1, 0.15) is 59.4 Å². The topological polar surface area (TPSA) is 114 Å². The van der Waals surface area contributed by atoms with Crippen molar-refractivity contribution in [1.82, 2.24) is 29.7 Å². The van der Waals surface area contributed by atoms with Crippen LogP contribution in [0.3, 0.4) is 0 Å². The molecule has 2 aliphatic rings. The van der Waals surface area contributed by atoms with Gasteiger partial charge < -0.3 is 19.9 Å². The predicted molar refractivity (Wildman–Crippen MR) is 183 cm³/mol. The molecule has 2 atom stereocenters. The summed E-state index contributed by atoms with van der Waals surface area (Å²) in [5, 5.41) is 2.82. The van der Waals surface area contributed by atoms with Gasteiger partial charge in [-0.15, -0.1) is 11.3 Å². The molecule has 10 nitrogen and oxygen atoms in total. The van der Waals surface area contributed by atoms with E-state index < -0.39 is 5.82 Å². The molecule has 0 aliphatic carbocycles. The Kier molecular flexibility index (Phi) is 9.83. The van der Waals surface area contributed by atoms with Gasteiger partial charge in [0.2, 0.25) is 5.88 Å². The lowest BCUT2D eigenvalue weighted by molar-refractivity contribution is 0.0981. The second kappa shape index (κ2) is 14.0. The van der Waals surface area contributed by atoms with E-state index in [0.29, 0.717) is 40.4 Å². The number of amides is 1. The van der Waals surface area contributed by atoms with Crippen LogP contribution in [0.25, 0.3) is 10.3 Å². The zero-order valence-corrected chi connectivity index (χ0v) is 28.0. The fourth-order valence-corrected chi connectivity index (χ4v) is 7.30. The normalized spacial score (nSPS) is 18.8. The molecule has 5 heterocycles. The van der Waals surface area contributed by atoms with Gasteiger partial charge in [-0.25, -0.2) is 14.4 Å². The minimum atomic E-state index is -0.396. The number of carbonyl (C=O) groups is 1. The largest absolute Gasteiger partial charge is 0.473 e. The molecular weight excluding hydrogens is 647 g/mol. The number of ether oxygens (including phenoxy) is 1. The molecule has 242 valence electrons. The summed E-state index contributed by atoms with van der Waals surface area (Å²) in [4.78, 5) is 33.1. The van der Waals surface area contributed by atoms with Crippen molar-refractivity contribution >= 4 is 62.9 Å². The van der Waals surface area contributed by atoms with Crippen molar-refractivity contribution in [2.45, 2.75) is 64.4 Å². The molecule has 2 aliphatic heterocycles. The third kappa shape index (κ3) is 7.17. The van der Waals surface area contributed by atoms with Gasteiger partial charge in [-0.05, 0) is 76.3 Å². The Morgan fingerprint density at radius 3 is 2.76 bits per heavy atom. The number of likely N-dealkylation sites (tertiary alicyclic amines) is 1. The summed E-state index contributed by atoms with van der Waals surface area (Å²) in [6.45, 7) is 8.39. The summed E-state index contributed by atoms with van der Waals surface area (Å²) < 4.78 is 22.3. The first-order valence-corrected chi connectivity index (χ1v) is 16.9. The van der Waals surface area contributed by atoms with Crippen LogP contribution in [0.4, 0.5) is 4.39 Å². The number of aromatic nitrogens is 3. The molecule has 1 saturated heterocycles. The van der Waals surface area contributed by atoms with Gasteiger partial charge in [0.05, 0.1) is 35.4 Å². The summed E-state index contributed by atoms with van der Waals surface area (Å²) in [5.41, 5.74) is 7.88. The number of benzene rings is 1. The van der Waals surface area contributed by atoms with Gasteiger partial charge in [0.1, 0.15) is 23.1 Å². The molecule has 0 saturated carbocycles. The molecule has 3 aromatic heterocycles. The average molecular weight is 683 g/mol. The highest BCUT2D eigenvalue weighted by atomic mass is 35.5. The van der Waals surface area contributed by atoms with Crippen LogP contribution in [0, 0.1) is 5.82 Å². The molecule has 0 radical (unpaired) electrons. The third-order valence-corrected chi connectivity index (χ3v) is 10.0. The van der Waals surface area contributed by atoms with E-state index in [2.05, 4.69) is 38.5 Å². The van der Waals surface area contributed by atoms with Crippen molar-refractivity contribution < 1.29 is 13.9 Å². The molecule has 1 aromatic carbocycles. The highest BCUT2D eigenvalue weighted by Gasteiger charge is 2.30. The highest BCUT2D eigenvalue weighted by molar-refractivity contribution is 7.80. The smallest absolute Gasteiger partial charge is 0.267 e. The van der Waals surface area contributed by atoms with E-state index in [1.807, 2.05) is 24.5 Å². The molecule has 0 spiro atoms. The Balaban J connectivity index is 1.14. The molecule has 14 heteroatoms. The number of thiocarbonyl (C=S) groups is 1. The number of piperidine rings is 1. The van der Waals surface area contributed by atoms with Crippen molar-refractivity contribution in [3.8, 4) is 5.88 Å². The van der Waals surface area contributed by atoms with Crippen LogP contribution in [-0.4, -0.2) is 73.4 Å². The van der Waals surface area contributed by atoms with Crippen molar-refractivity contribution in [3.05, 3.63) is 75.3 Å². The summed E-state index contributed by atoms with van der Waals surface area (Å²) >= 11 is 12.1. The predicted octanol–water partition coefficient (Wildman–Crippen LogP) is 5.34. The maximum absolute atomic E-state index is 14.2. The molecule has 1 fully saturated rings. The SMILES string of the molecule is CCN1C=NC(C)C1Cn1c(CN2CCC(c3cccc(OCc4ccc(Cl)cc4F)n3)CC2)nc2sc(C(=O)NC(N)=S)cc21. The van der Waals surface area contributed by atoms with Crippen molar-refractivity contribution in [2.24, 2.45) is 10.7 Å². The number of aliphatic imine (C=N–C) groups is 1. The molecule has 46 heavy (non-hydrogen) atoms. The maximum atomic E-state index is 14.2. The standard InChI is InChI=1S/C32H36ClFN8O2S2/c1-3-41-18-36-19(2)26(41)15-42-25-14-27(30(43)39-32(35)45)46-31(25)38-28(42)16-40-11-9-20(10-12-40)24-5-4-6-29(37-24)44-17-21-7-8-22(33)13-23(21)34/h4-8,13-14,18-20,26H,3,9-12,15-17H2,1-2H3,(H3,35,39,43,45). The zero-order chi connectivity index (χ0) is 32.4. The van der Waals surface area contributed by atoms with Gasteiger partial charge in [-0.1, -0.05) is 23.7 Å². The Morgan fingerprint density at radius 1 is 1.22 bits per heavy atom. The fourth-order valence-electron chi connectivity index (χ4n) is 6.10. The van der Waals surface area contributed by atoms with Crippen molar-refractivity contribution in [3.63, 3.8) is 0 Å². The number of hydrogen-bond donors (Lipinski definition) is 2. The van der Waals surface area contributed by atoms with E-state index in [9.17, 15) is 9.18 Å². The van der Waals surface area contributed by atoms with E-state index in [1.54, 1.807) is 18.2 Å². The van der Waals surface area contributed by atoms with E-state index in [0.717, 1.165) is 54.3 Å². The van der Waals surface area contributed by atoms with Crippen LogP contribution in [-0.2, 0) is 19.7 Å². The summed E-state index contributed by atoms with van der Waals surface area (Å²) in [7, 11) is 0. The maximum Gasteiger partial charge on any atom is 0.267 e. The second-order valence-corrected chi connectivity index (χ2v) is 13.5. The summed E-state index contributed by atoms with van der Waals surface area (Å²) in [5.74, 6) is 1.02. The van der Waals surface area contributed by atoms with Gasteiger partial charge in [0.15, 0.2) is 5.11 Å². The summed E-state index contributed by atoms with van der Waals surface area (Å²) in [6.07, 6.45) is 3.82. The zero-order valence-electron chi connectivity index (χ0n) is 25.7. The molecule has 3 N–H and O–H groups in total. The lowest BCUT2D eigenvalue weighted by Crippen LogP contribution is -2.39. The first kappa shape index (κ1) is 32.3. The van der Waals surface area contributed by atoms with Gasteiger partial charge in [0, 0.05) is 41.4 Å². The molecule has 2 unspecified atom stereocenters. The number of thiophene rings is 1. The molecule has 0 bridgehead atoms. The number of pyridine rings is 1. The number of hydrogen-bond acceptors (Lipinski definition) is 9. The van der Waals surface area contributed by atoms with Crippen molar-refractivity contribution in [1.29, 1.82) is 0 Å². The summed E-state index contributed by atoms with van der Waals surface area (Å²) in [6, 6.07) is 12.6. The number of fused-ring (bicyclic) bond motifs is 1. The van der Waals surface area contributed by atoms with Gasteiger partial charge >= 0.3 is 0 Å². The van der Waals surface area contributed by atoms with Crippen LogP contribution in [0.15, 0.2) is 47.5 Å². The Labute approximate surface area is 281 Å². The van der Waals surface area contributed by atoms with Gasteiger partial charge in [-0.2, -0.15) is 0 Å². The Morgan fingerprint density at radius 2 is 2.02 bits per heavy atom. The number of halogens is 2. The minimum Gasteiger partial charge on any atom is -0.473 e. The lowest BCUT2D eigenvalue weighted by Gasteiger charge is -2.32. The van der Waals surface area contributed by atoms with Gasteiger partial charge in [0.25, 0.3) is 5.91 Å². The van der Waals surface area contributed by atoms with Crippen LogP contribution < -0.4 is 15.8 Å². The third-order valence-electron chi connectivity index (χ3n) is 8.66. The first-order valence-electron chi connectivity index (χ1n) is 15.3. The van der Waals surface area contributed by atoms with E-state index in [4.69, 9.17) is 44.3 Å². The number of nitrogens with two attached hydrogens (primary N) is 1. The van der Waals surface area contributed by atoms with E-state index in [1.165, 1.54) is 17.4 Å². The van der Waals surface area contributed by atoms with Gasteiger partial charge in [-0.3, -0.25) is 20.0 Å². The lowest BCUT2D eigenvalue weighted by atomic mass is 9.93. The fraction of sp³-hybridized carbons (Fsp3) is 0.406. The number of nitrogens with zero attached hydrogens (tertiary/aromatic N) is 6. The number of rotatable bonds is 10. The number of imidazole rings is 1. The monoisotopic (exact) mass is 682 g/mol. The van der Waals surface area contributed by atoms with Crippen LogP contribution in [0.5, 0.6) is 5.88 Å². The Hall–Kier alpha value is -3.65. The molecule has 4 aromatic rings. The molecular formula is C32H36ClFN8O2S2. The quantitative estimate of drug-likeness (QED) is 0.216. The highest BCUT2D eigenvalue weighted by Crippen LogP contribution is 2.32. The number of carbonyl (C=O) groups excluding carboxylic acids is 1. The molecule has 1 amide bonds. The second-order valence-electron chi connectivity index (χ2n) is 11.6. The first-order chi connectivity index (χ1) is 22.2. The average Bonchev–Trinajstić information content (AvgIpc) is 3.70.